The number of halogens is 1. The van der Waals surface area contributed by atoms with E-state index in [1.165, 1.54) is 6.07 Å². The van der Waals surface area contributed by atoms with E-state index in [1.807, 2.05) is 12.1 Å². The molecular weight excluding hydrogens is 254 g/mol. The summed E-state index contributed by atoms with van der Waals surface area (Å²) in [5.41, 5.74) is 2.95. The van der Waals surface area contributed by atoms with Gasteiger partial charge < -0.3 is 14.5 Å². The predicted molar refractivity (Wildman–Crippen MR) is 68.0 cm³/mol. The van der Waals surface area contributed by atoms with Gasteiger partial charge in [0.05, 0.1) is 5.52 Å². The number of hydrogen-bond donors (Lipinski definition) is 2. The number of furan rings is 1. The van der Waals surface area contributed by atoms with E-state index in [9.17, 15) is 4.79 Å². The van der Waals surface area contributed by atoms with Crippen molar-refractivity contribution in [1.82, 2.24) is 4.98 Å². The standard InChI is InChI=1S/C13H8ClNO3/c14-8-3-1-2-7(4-8)9-6-18-11-5-10(13(16)17)15-12(9)11/h1-6,15H,(H,16,17). The fourth-order valence-electron chi connectivity index (χ4n) is 1.89. The van der Waals surface area contributed by atoms with Gasteiger partial charge in [-0.3, -0.25) is 0 Å². The van der Waals surface area contributed by atoms with Crippen molar-refractivity contribution in [2.75, 3.05) is 0 Å². The Hall–Kier alpha value is -2.20. The maximum absolute atomic E-state index is 10.9. The topological polar surface area (TPSA) is 66.2 Å². The van der Waals surface area contributed by atoms with Crippen molar-refractivity contribution in [3.05, 3.63) is 47.3 Å². The number of fused-ring (bicyclic) bond motifs is 1. The van der Waals surface area contributed by atoms with E-state index < -0.39 is 5.97 Å². The third-order valence-corrected chi connectivity index (χ3v) is 2.96. The van der Waals surface area contributed by atoms with Crippen LogP contribution in [-0.2, 0) is 0 Å². The highest BCUT2D eigenvalue weighted by molar-refractivity contribution is 6.30. The number of aromatic carboxylic acids is 1. The predicted octanol–water partition coefficient (Wildman–Crippen LogP) is 3.78. The van der Waals surface area contributed by atoms with Crippen LogP contribution < -0.4 is 0 Å². The van der Waals surface area contributed by atoms with Crippen molar-refractivity contribution < 1.29 is 14.3 Å². The molecule has 18 heavy (non-hydrogen) atoms. The summed E-state index contributed by atoms with van der Waals surface area (Å²) < 4.78 is 5.34. The third-order valence-electron chi connectivity index (χ3n) is 2.72. The first-order chi connectivity index (χ1) is 8.65. The van der Waals surface area contributed by atoms with Crippen molar-refractivity contribution in [3.8, 4) is 11.1 Å². The molecule has 0 fully saturated rings. The summed E-state index contributed by atoms with van der Waals surface area (Å²) in [6.07, 6.45) is 1.58. The van der Waals surface area contributed by atoms with E-state index in [2.05, 4.69) is 4.98 Å². The van der Waals surface area contributed by atoms with Crippen LogP contribution in [0.1, 0.15) is 10.5 Å². The minimum absolute atomic E-state index is 0.104. The van der Waals surface area contributed by atoms with Crippen LogP contribution in [0.4, 0.5) is 0 Å². The number of carbonyl (C=O) groups is 1. The number of nitrogens with one attached hydrogen (secondary N) is 1. The summed E-state index contributed by atoms with van der Waals surface area (Å²) in [5.74, 6) is -1.02. The highest BCUT2D eigenvalue weighted by atomic mass is 35.5. The highest BCUT2D eigenvalue weighted by Crippen LogP contribution is 2.31. The highest BCUT2D eigenvalue weighted by Gasteiger charge is 2.14. The lowest BCUT2D eigenvalue weighted by Gasteiger charge is -1.97. The van der Waals surface area contributed by atoms with Gasteiger partial charge in [-0.2, -0.15) is 0 Å². The Morgan fingerprint density at radius 1 is 1.33 bits per heavy atom. The van der Waals surface area contributed by atoms with Crippen LogP contribution in [-0.4, -0.2) is 16.1 Å². The number of aromatic amines is 1. The Balaban J connectivity index is 2.20. The van der Waals surface area contributed by atoms with Gasteiger partial charge in [0.15, 0.2) is 5.58 Å². The van der Waals surface area contributed by atoms with Crippen molar-refractivity contribution in [2.24, 2.45) is 0 Å². The summed E-state index contributed by atoms with van der Waals surface area (Å²) >= 11 is 5.93. The van der Waals surface area contributed by atoms with Gasteiger partial charge >= 0.3 is 5.97 Å². The molecule has 2 N–H and O–H groups in total. The Morgan fingerprint density at radius 2 is 2.17 bits per heavy atom. The molecular formula is C13H8ClNO3. The first kappa shape index (κ1) is 10.9. The van der Waals surface area contributed by atoms with Gasteiger partial charge in [0.25, 0.3) is 0 Å². The Kier molecular flexibility index (Phi) is 2.38. The number of carboxylic acids is 1. The largest absolute Gasteiger partial charge is 0.477 e. The van der Waals surface area contributed by atoms with Crippen molar-refractivity contribution in [3.63, 3.8) is 0 Å². The van der Waals surface area contributed by atoms with Gasteiger partial charge in [-0.05, 0) is 17.7 Å². The number of rotatable bonds is 2. The molecule has 3 aromatic rings. The zero-order valence-electron chi connectivity index (χ0n) is 9.11. The number of benzene rings is 1. The molecule has 0 unspecified atom stereocenters. The zero-order valence-corrected chi connectivity index (χ0v) is 9.86. The van der Waals surface area contributed by atoms with Crippen molar-refractivity contribution >= 4 is 28.7 Å². The molecule has 2 heterocycles. The van der Waals surface area contributed by atoms with E-state index in [1.54, 1.807) is 18.4 Å². The van der Waals surface area contributed by atoms with Gasteiger partial charge in [0.2, 0.25) is 0 Å². The van der Waals surface area contributed by atoms with Crippen LogP contribution in [0.3, 0.4) is 0 Å². The molecule has 0 aliphatic rings. The van der Waals surface area contributed by atoms with Crippen LogP contribution in [0.15, 0.2) is 41.0 Å². The summed E-state index contributed by atoms with van der Waals surface area (Å²) in [5, 5.41) is 9.53. The maximum atomic E-state index is 10.9. The molecule has 1 aromatic carbocycles. The summed E-state index contributed by atoms with van der Waals surface area (Å²) in [7, 11) is 0. The lowest BCUT2D eigenvalue weighted by atomic mass is 10.1. The molecule has 2 aromatic heterocycles. The molecule has 0 saturated heterocycles. The van der Waals surface area contributed by atoms with Crippen LogP contribution in [0, 0.1) is 0 Å². The van der Waals surface area contributed by atoms with Gasteiger partial charge in [0.1, 0.15) is 12.0 Å². The third kappa shape index (κ3) is 1.67. The number of carboxylic acid groups (broad SMARTS) is 1. The molecule has 0 saturated carbocycles. The molecule has 0 radical (unpaired) electrons. The minimum atomic E-state index is -1.02. The molecule has 4 nitrogen and oxygen atoms in total. The number of hydrogen-bond acceptors (Lipinski definition) is 2. The summed E-state index contributed by atoms with van der Waals surface area (Å²) in [6, 6.07) is 8.76. The molecule has 0 spiro atoms. The van der Waals surface area contributed by atoms with E-state index in [-0.39, 0.29) is 5.69 Å². The van der Waals surface area contributed by atoms with Crippen LogP contribution in [0.5, 0.6) is 0 Å². The fraction of sp³-hybridized carbons (Fsp3) is 0. The van der Waals surface area contributed by atoms with Crippen LogP contribution >= 0.6 is 11.6 Å². The van der Waals surface area contributed by atoms with E-state index in [0.29, 0.717) is 16.1 Å². The van der Waals surface area contributed by atoms with Gasteiger partial charge in [0, 0.05) is 16.7 Å². The van der Waals surface area contributed by atoms with E-state index in [4.69, 9.17) is 21.1 Å². The quantitative estimate of drug-likeness (QED) is 0.738. The molecule has 90 valence electrons. The van der Waals surface area contributed by atoms with Crippen LogP contribution in [0.2, 0.25) is 5.02 Å². The average Bonchev–Trinajstić information content (AvgIpc) is 2.87. The maximum Gasteiger partial charge on any atom is 0.352 e. The van der Waals surface area contributed by atoms with Crippen molar-refractivity contribution in [1.29, 1.82) is 0 Å². The first-order valence-corrected chi connectivity index (χ1v) is 5.62. The zero-order chi connectivity index (χ0) is 12.7. The smallest absolute Gasteiger partial charge is 0.352 e. The van der Waals surface area contributed by atoms with Gasteiger partial charge in [-0.1, -0.05) is 23.7 Å². The summed E-state index contributed by atoms with van der Waals surface area (Å²) in [4.78, 5) is 13.7. The normalized spacial score (nSPS) is 10.9. The van der Waals surface area contributed by atoms with E-state index >= 15 is 0 Å². The SMILES string of the molecule is O=C(O)c1cc2occ(-c3cccc(Cl)c3)c2[nH]1. The molecule has 0 amide bonds. The second kappa shape index (κ2) is 3.92. The average molecular weight is 262 g/mol. The monoisotopic (exact) mass is 261 g/mol. The second-order valence-electron chi connectivity index (χ2n) is 3.89. The van der Waals surface area contributed by atoms with E-state index in [0.717, 1.165) is 11.1 Å². The Morgan fingerprint density at radius 3 is 2.89 bits per heavy atom. The Bertz CT molecular complexity index is 742. The number of H-pyrrole nitrogens is 1. The molecule has 0 bridgehead atoms. The lowest BCUT2D eigenvalue weighted by molar-refractivity contribution is 0.0691. The van der Waals surface area contributed by atoms with Gasteiger partial charge in [-0.15, -0.1) is 0 Å². The van der Waals surface area contributed by atoms with Gasteiger partial charge in [-0.25, -0.2) is 4.79 Å². The molecule has 5 heteroatoms. The minimum Gasteiger partial charge on any atom is -0.477 e. The molecule has 0 aliphatic carbocycles. The fourth-order valence-corrected chi connectivity index (χ4v) is 2.08. The lowest BCUT2D eigenvalue weighted by Crippen LogP contribution is -1.95. The first-order valence-electron chi connectivity index (χ1n) is 5.24. The second-order valence-corrected chi connectivity index (χ2v) is 4.32. The Labute approximate surface area is 107 Å². The van der Waals surface area contributed by atoms with Crippen molar-refractivity contribution in [2.45, 2.75) is 0 Å². The number of aromatic nitrogens is 1. The summed E-state index contributed by atoms with van der Waals surface area (Å²) in [6.45, 7) is 0. The molecule has 3 rings (SSSR count). The molecule has 0 atom stereocenters. The van der Waals surface area contributed by atoms with Crippen LogP contribution in [0.25, 0.3) is 22.2 Å². The molecule has 0 aliphatic heterocycles.